The van der Waals surface area contributed by atoms with Gasteiger partial charge in [-0.25, -0.2) is 9.97 Å². The second kappa shape index (κ2) is 14.4. The van der Waals surface area contributed by atoms with E-state index in [-0.39, 0.29) is 47.4 Å². The SMILES string of the molecule is N#Cc1c(-c2ccccc2)cc(CC(=O)Nc2ccc3c(c2)Sc2cc(NC(=O)Cc4cc(-c5ccccc5)c(C#N)c(N)n4)ccc2N3)nc1N. The fourth-order valence-electron chi connectivity index (χ4n) is 5.92. The number of aromatic nitrogens is 2. The van der Waals surface area contributed by atoms with Gasteiger partial charge in [0.25, 0.3) is 0 Å². The van der Waals surface area contributed by atoms with E-state index in [0.29, 0.717) is 33.9 Å². The molecule has 12 heteroatoms. The first-order valence-corrected chi connectivity index (χ1v) is 16.9. The molecule has 0 aliphatic carbocycles. The van der Waals surface area contributed by atoms with E-state index in [1.807, 2.05) is 97.1 Å². The summed E-state index contributed by atoms with van der Waals surface area (Å²) in [6, 6.07) is 37.6. The van der Waals surface area contributed by atoms with Gasteiger partial charge in [0.1, 0.15) is 34.9 Å². The number of anilines is 6. The number of nitrogens with one attached hydrogen (secondary N) is 3. The summed E-state index contributed by atoms with van der Waals surface area (Å²) >= 11 is 1.50. The maximum absolute atomic E-state index is 13.1. The van der Waals surface area contributed by atoms with Crippen LogP contribution in [-0.2, 0) is 22.4 Å². The number of nitrogen functional groups attached to an aromatic ring is 2. The fraction of sp³-hybridized carbons (Fsp3) is 0.0500. The van der Waals surface area contributed by atoms with Crippen molar-refractivity contribution in [2.45, 2.75) is 22.6 Å². The van der Waals surface area contributed by atoms with Gasteiger partial charge in [0.15, 0.2) is 0 Å². The fourth-order valence-corrected chi connectivity index (χ4v) is 6.99. The van der Waals surface area contributed by atoms with Crippen LogP contribution in [0.5, 0.6) is 0 Å². The van der Waals surface area contributed by atoms with Gasteiger partial charge in [-0.2, -0.15) is 10.5 Å². The molecule has 3 heterocycles. The molecule has 0 radical (unpaired) electrons. The third-order valence-corrected chi connectivity index (χ3v) is 9.41. The van der Waals surface area contributed by atoms with Crippen LogP contribution in [0.2, 0.25) is 0 Å². The number of fused-ring (bicyclic) bond motifs is 2. The summed E-state index contributed by atoms with van der Waals surface area (Å²) < 4.78 is 0. The quantitative estimate of drug-likeness (QED) is 0.107. The lowest BCUT2D eigenvalue weighted by Gasteiger charge is -2.22. The van der Waals surface area contributed by atoms with Gasteiger partial charge < -0.3 is 27.4 Å². The van der Waals surface area contributed by atoms with Crippen molar-refractivity contribution >= 4 is 58.0 Å². The van der Waals surface area contributed by atoms with Gasteiger partial charge in [0.05, 0.1) is 35.6 Å². The molecule has 4 aromatic carbocycles. The zero-order valence-corrected chi connectivity index (χ0v) is 28.3. The molecule has 2 aromatic heterocycles. The van der Waals surface area contributed by atoms with E-state index in [1.165, 1.54) is 11.8 Å². The summed E-state index contributed by atoms with van der Waals surface area (Å²) in [5.74, 6) is -0.428. The number of carbonyl (C=O) groups is 2. The molecule has 252 valence electrons. The van der Waals surface area contributed by atoms with Crippen molar-refractivity contribution in [2.24, 2.45) is 0 Å². The highest BCUT2D eigenvalue weighted by molar-refractivity contribution is 7.99. The van der Waals surface area contributed by atoms with Crippen LogP contribution in [0.25, 0.3) is 22.3 Å². The summed E-state index contributed by atoms with van der Waals surface area (Å²) in [5.41, 5.74) is 19.5. The standard InChI is InChI=1S/C40H29N9O2S/c41-21-31-29(23-7-3-1-4-8-23)15-27(47-39(31)43)19-37(50)45-25-11-13-33-35(17-25)52-36-18-26(12-14-34(36)49-33)46-38(51)20-28-16-30(24-9-5-2-6-10-24)32(22-42)40(44)48-28/h1-18,49H,19-20H2,(H2,43,47)(H2,44,48)(H,45,50)(H,46,51). The van der Waals surface area contributed by atoms with Crippen LogP contribution in [0, 0.1) is 22.7 Å². The third kappa shape index (κ3) is 7.09. The normalized spacial score (nSPS) is 11.2. The lowest BCUT2D eigenvalue weighted by molar-refractivity contribution is -0.116. The number of hydrogen-bond donors (Lipinski definition) is 5. The van der Waals surface area contributed by atoms with Crippen LogP contribution in [0.1, 0.15) is 22.5 Å². The maximum atomic E-state index is 13.1. The molecular formula is C40H29N9O2S. The number of nitriles is 2. The van der Waals surface area contributed by atoms with Crippen molar-refractivity contribution in [1.29, 1.82) is 10.5 Å². The van der Waals surface area contributed by atoms with Gasteiger partial charge in [-0.1, -0.05) is 72.4 Å². The maximum Gasteiger partial charge on any atom is 0.230 e. The number of nitrogens with two attached hydrogens (primary N) is 2. The predicted molar refractivity (Wildman–Crippen MR) is 203 cm³/mol. The Morgan fingerprint density at radius 1 is 0.635 bits per heavy atom. The summed E-state index contributed by atoms with van der Waals surface area (Å²) in [7, 11) is 0. The minimum Gasteiger partial charge on any atom is -0.383 e. The Kier molecular flexibility index (Phi) is 9.22. The average molecular weight is 700 g/mol. The first-order valence-electron chi connectivity index (χ1n) is 16.1. The van der Waals surface area contributed by atoms with Crippen molar-refractivity contribution in [3.05, 3.63) is 132 Å². The second-order valence-electron chi connectivity index (χ2n) is 11.9. The van der Waals surface area contributed by atoms with Crippen molar-refractivity contribution in [1.82, 2.24) is 9.97 Å². The zero-order valence-electron chi connectivity index (χ0n) is 27.5. The minimum atomic E-state index is -0.288. The first-order chi connectivity index (χ1) is 25.3. The first kappa shape index (κ1) is 33.4. The van der Waals surface area contributed by atoms with Crippen molar-refractivity contribution in [3.8, 4) is 34.4 Å². The number of benzene rings is 4. The molecule has 0 saturated carbocycles. The van der Waals surface area contributed by atoms with Crippen LogP contribution in [0.15, 0.2) is 119 Å². The number of hydrogen-bond acceptors (Lipinski definition) is 10. The van der Waals surface area contributed by atoms with E-state index < -0.39 is 0 Å². The Morgan fingerprint density at radius 2 is 1.06 bits per heavy atom. The molecule has 1 aliphatic heterocycles. The Morgan fingerprint density at radius 3 is 1.46 bits per heavy atom. The molecule has 11 nitrogen and oxygen atoms in total. The highest BCUT2D eigenvalue weighted by Crippen LogP contribution is 2.46. The summed E-state index contributed by atoms with van der Waals surface area (Å²) in [5, 5.41) is 28.6. The monoisotopic (exact) mass is 699 g/mol. The highest BCUT2D eigenvalue weighted by atomic mass is 32.2. The van der Waals surface area contributed by atoms with Gasteiger partial charge in [0, 0.05) is 32.3 Å². The molecule has 52 heavy (non-hydrogen) atoms. The molecular weight excluding hydrogens is 671 g/mol. The van der Waals surface area contributed by atoms with Crippen LogP contribution < -0.4 is 27.4 Å². The molecule has 6 aromatic rings. The van der Waals surface area contributed by atoms with E-state index in [4.69, 9.17) is 11.5 Å². The predicted octanol–water partition coefficient (Wildman–Crippen LogP) is 7.29. The van der Waals surface area contributed by atoms with E-state index in [2.05, 4.69) is 38.1 Å². The summed E-state index contributed by atoms with van der Waals surface area (Å²) in [4.78, 5) is 36.7. The van der Waals surface area contributed by atoms with Gasteiger partial charge >= 0.3 is 0 Å². The smallest absolute Gasteiger partial charge is 0.230 e. The summed E-state index contributed by atoms with van der Waals surface area (Å²) in [6.07, 6.45) is -0.0788. The van der Waals surface area contributed by atoms with E-state index in [0.717, 1.165) is 32.3 Å². The number of nitrogens with zero attached hydrogens (tertiary/aromatic N) is 4. The van der Waals surface area contributed by atoms with E-state index in [9.17, 15) is 20.1 Å². The van der Waals surface area contributed by atoms with E-state index in [1.54, 1.807) is 12.1 Å². The minimum absolute atomic E-state index is 0.0394. The largest absolute Gasteiger partial charge is 0.383 e. The van der Waals surface area contributed by atoms with Crippen molar-refractivity contribution < 1.29 is 9.59 Å². The Labute approximate surface area is 303 Å². The highest BCUT2D eigenvalue weighted by Gasteiger charge is 2.20. The van der Waals surface area contributed by atoms with Crippen LogP contribution in [0.4, 0.5) is 34.4 Å². The van der Waals surface area contributed by atoms with Crippen molar-refractivity contribution in [2.75, 3.05) is 27.4 Å². The van der Waals surface area contributed by atoms with Gasteiger partial charge in [-0.05, 0) is 59.7 Å². The number of carbonyl (C=O) groups excluding carboxylic acids is 2. The number of rotatable bonds is 8. The van der Waals surface area contributed by atoms with Crippen LogP contribution in [0.3, 0.4) is 0 Å². The number of amides is 2. The molecule has 0 unspecified atom stereocenters. The van der Waals surface area contributed by atoms with Gasteiger partial charge in [0.2, 0.25) is 11.8 Å². The lowest BCUT2D eigenvalue weighted by atomic mass is 9.99. The molecule has 7 N–H and O–H groups in total. The molecule has 0 fully saturated rings. The van der Waals surface area contributed by atoms with Gasteiger partial charge in [-0.15, -0.1) is 0 Å². The Balaban J connectivity index is 1.02. The van der Waals surface area contributed by atoms with Crippen LogP contribution in [-0.4, -0.2) is 21.8 Å². The van der Waals surface area contributed by atoms with Crippen LogP contribution >= 0.6 is 11.8 Å². The lowest BCUT2D eigenvalue weighted by Crippen LogP contribution is -2.16. The summed E-state index contributed by atoms with van der Waals surface area (Å²) in [6.45, 7) is 0. The molecule has 0 atom stereocenters. The Hall–Kier alpha value is -7.15. The van der Waals surface area contributed by atoms with Gasteiger partial charge in [-0.3, -0.25) is 9.59 Å². The average Bonchev–Trinajstić information content (AvgIpc) is 3.14. The topological polar surface area (TPSA) is 196 Å². The van der Waals surface area contributed by atoms with E-state index >= 15 is 0 Å². The van der Waals surface area contributed by atoms with Crippen molar-refractivity contribution in [3.63, 3.8) is 0 Å². The number of pyridine rings is 2. The molecule has 2 amide bonds. The third-order valence-electron chi connectivity index (χ3n) is 8.30. The molecule has 0 spiro atoms. The molecule has 0 saturated heterocycles. The zero-order chi connectivity index (χ0) is 36.2. The Bertz CT molecular complexity index is 2290. The molecule has 7 rings (SSSR count). The second-order valence-corrected chi connectivity index (χ2v) is 13.0. The molecule has 1 aliphatic rings. The molecule has 0 bridgehead atoms.